The third-order valence-corrected chi connectivity index (χ3v) is 3.97. The molecular formula is C14H28N2O2. The average molecular weight is 256 g/mol. The van der Waals surface area contributed by atoms with Gasteiger partial charge in [-0.3, -0.25) is 4.79 Å². The lowest BCUT2D eigenvalue weighted by Crippen LogP contribution is -2.48. The first-order chi connectivity index (χ1) is 8.51. The molecule has 4 heteroatoms. The quantitative estimate of drug-likeness (QED) is 0.763. The second-order valence-corrected chi connectivity index (χ2v) is 5.51. The average Bonchev–Trinajstić information content (AvgIpc) is 2.36. The maximum Gasteiger partial charge on any atom is 0.220 e. The molecule has 1 fully saturated rings. The molecule has 0 aromatic heterocycles. The van der Waals surface area contributed by atoms with Crippen LogP contribution in [0.3, 0.4) is 0 Å². The fourth-order valence-electron chi connectivity index (χ4n) is 2.55. The van der Waals surface area contributed by atoms with Gasteiger partial charge in [-0.1, -0.05) is 13.8 Å². The molecule has 1 amide bonds. The van der Waals surface area contributed by atoms with Crippen LogP contribution in [-0.4, -0.2) is 30.2 Å². The standard InChI is InChI=1S/C14H28N2O2/c1-4-14(5-2)10-12(8-9-18-14)16-13(17)7-6-11(3)15/h11-12H,4-10,15H2,1-3H3,(H,16,17). The van der Waals surface area contributed by atoms with Gasteiger partial charge < -0.3 is 15.8 Å². The van der Waals surface area contributed by atoms with Crippen LogP contribution in [0.1, 0.15) is 59.3 Å². The first-order valence-electron chi connectivity index (χ1n) is 7.20. The highest BCUT2D eigenvalue weighted by atomic mass is 16.5. The van der Waals surface area contributed by atoms with Crippen molar-refractivity contribution in [2.24, 2.45) is 5.73 Å². The molecule has 1 saturated heterocycles. The van der Waals surface area contributed by atoms with Gasteiger partial charge in [0.05, 0.1) is 5.60 Å². The van der Waals surface area contributed by atoms with Crippen molar-refractivity contribution < 1.29 is 9.53 Å². The lowest BCUT2D eigenvalue weighted by Gasteiger charge is -2.40. The Morgan fingerprint density at radius 1 is 1.50 bits per heavy atom. The van der Waals surface area contributed by atoms with Gasteiger partial charge in [-0.15, -0.1) is 0 Å². The summed E-state index contributed by atoms with van der Waals surface area (Å²) in [5.41, 5.74) is 5.63. The second-order valence-electron chi connectivity index (χ2n) is 5.51. The van der Waals surface area contributed by atoms with Gasteiger partial charge in [-0.05, 0) is 39.0 Å². The molecule has 0 saturated carbocycles. The van der Waals surface area contributed by atoms with Crippen LogP contribution in [0.5, 0.6) is 0 Å². The number of carbonyl (C=O) groups is 1. The molecule has 1 aliphatic heterocycles. The number of hydrogen-bond acceptors (Lipinski definition) is 3. The summed E-state index contributed by atoms with van der Waals surface area (Å²) in [5, 5.41) is 3.12. The predicted octanol–water partition coefficient (Wildman–Crippen LogP) is 1.97. The summed E-state index contributed by atoms with van der Waals surface area (Å²) in [4.78, 5) is 11.8. The Labute approximate surface area is 111 Å². The van der Waals surface area contributed by atoms with Gasteiger partial charge in [0.1, 0.15) is 0 Å². The van der Waals surface area contributed by atoms with Crippen LogP contribution in [-0.2, 0) is 9.53 Å². The van der Waals surface area contributed by atoms with Crippen molar-refractivity contribution in [1.29, 1.82) is 0 Å². The number of carbonyl (C=O) groups excluding carboxylic acids is 1. The molecule has 0 spiro atoms. The van der Waals surface area contributed by atoms with E-state index >= 15 is 0 Å². The molecule has 2 atom stereocenters. The van der Waals surface area contributed by atoms with Gasteiger partial charge in [0.15, 0.2) is 0 Å². The summed E-state index contributed by atoms with van der Waals surface area (Å²) in [7, 11) is 0. The van der Waals surface area contributed by atoms with Crippen LogP contribution in [0.2, 0.25) is 0 Å². The molecular weight excluding hydrogens is 228 g/mol. The van der Waals surface area contributed by atoms with Gasteiger partial charge in [0.2, 0.25) is 5.91 Å². The largest absolute Gasteiger partial charge is 0.375 e. The van der Waals surface area contributed by atoms with E-state index in [0.717, 1.165) is 38.7 Å². The number of ether oxygens (including phenoxy) is 1. The number of rotatable bonds is 6. The minimum Gasteiger partial charge on any atom is -0.375 e. The third-order valence-electron chi connectivity index (χ3n) is 3.97. The van der Waals surface area contributed by atoms with Crippen LogP contribution < -0.4 is 11.1 Å². The fourth-order valence-corrected chi connectivity index (χ4v) is 2.55. The first-order valence-corrected chi connectivity index (χ1v) is 7.20. The van der Waals surface area contributed by atoms with Crippen molar-refractivity contribution in [2.75, 3.05) is 6.61 Å². The van der Waals surface area contributed by atoms with Gasteiger partial charge in [0, 0.05) is 25.1 Å². The monoisotopic (exact) mass is 256 g/mol. The van der Waals surface area contributed by atoms with Crippen LogP contribution in [0, 0.1) is 0 Å². The highest BCUT2D eigenvalue weighted by Gasteiger charge is 2.34. The maximum atomic E-state index is 11.8. The highest BCUT2D eigenvalue weighted by molar-refractivity contribution is 5.76. The van der Waals surface area contributed by atoms with Gasteiger partial charge in [-0.2, -0.15) is 0 Å². The predicted molar refractivity (Wildman–Crippen MR) is 73.3 cm³/mol. The Hall–Kier alpha value is -0.610. The zero-order valence-corrected chi connectivity index (χ0v) is 12.0. The Morgan fingerprint density at radius 3 is 2.72 bits per heavy atom. The Balaban J connectivity index is 2.40. The summed E-state index contributed by atoms with van der Waals surface area (Å²) in [6, 6.07) is 0.357. The first kappa shape index (κ1) is 15.4. The Kier molecular flexibility index (Phi) is 6.09. The molecule has 1 rings (SSSR count). The van der Waals surface area contributed by atoms with E-state index in [9.17, 15) is 4.79 Å². The van der Waals surface area contributed by atoms with Crippen LogP contribution in [0.15, 0.2) is 0 Å². The molecule has 0 radical (unpaired) electrons. The van der Waals surface area contributed by atoms with E-state index in [-0.39, 0.29) is 23.6 Å². The molecule has 1 aliphatic rings. The molecule has 1 heterocycles. The summed E-state index contributed by atoms with van der Waals surface area (Å²) in [6.07, 6.45) is 5.16. The van der Waals surface area contributed by atoms with Crippen molar-refractivity contribution in [3.63, 3.8) is 0 Å². The number of hydrogen-bond donors (Lipinski definition) is 2. The van der Waals surface area contributed by atoms with E-state index in [0.29, 0.717) is 6.42 Å². The zero-order chi connectivity index (χ0) is 13.6. The Morgan fingerprint density at radius 2 is 2.17 bits per heavy atom. The fraction of sp³-hybridized carbons (Fsp3) is 0.929. The van der Waals surface area contributed by atoms with E-state index in [1.54, 1.807) is 0 Å². The molecule has 0 aromatic rings. The minimum absolute atomic E-state index is 0.0304. The summed E-state index contributed by atoms with van der Waals surface area (Å²) < 4.78 is 5.90. The normalized spacial score (nSPS) is 24.6. The van der Waals surface area contributed by atoms with Gasteiger partial charge >= 0.3 is 0 Å². The number of nitrogens with one attached hydrogen (secondary N) is 1. The molecule has 3 N–H and O–H groups in total. The Bertz CT molecular complexity index is 263. The van der Waals surface area contributed by atoms with Crippen LogP contribution >= 0.6 is 0 Å². The highest BCUT2D eigenvalue weighted by Crippen LogP contribution is 2.31. The van der Waals surface area contributed by atoms with Crippen molar-refractivity contribution in [3.8, 4) is 0 Å². The lowest BCUT2D eigenvalue weighted by atomic mass is 9.86. The van der Waals surface area contributed by atoms with Crippen molar-refractivity contribution >= 4 is 5.91 Å². The van der Waals surface area contributed by atoms with Crippen molar-refractivity contribution in [1.82, 2.24) is 5.32 Å². The zero-order valence-electron chi connectivity index (χ0n) is 12.0. The second kappa shape index (κ2) is 7.10. The summed E-state index contributed by atoms with van der Waals surface area (Å²) in [6.45, 7) is 6.99. The topological polar surface area (TPSA) is 64.4 Å². The molecule has 0 bridgehead atoms. The van der Waals surface area contributed by atoms with E-state index < -0.39 is 0 Å². The maximum absolute atomic E-state index is 11.8. The number of nitrogens with two attached hydrogens (primary N) is 1. The lowest BCUT2D eigenvalue weighted by molar-refractivity contribution is -0.126. The molecule has 4 nitrogen and oxygen atoms in total. The van der Waals surface area contributed by atoms with Gasteiger partial charge in [0.25, 0.3) is 0 Å². The smallest absolute Gasteiger partial charge is 0.220 e. The van der Waals surface area contributed by atoms with E-state index in [4.69, 9.17) is 10.5 Å². The van der Waals surface area contributed by atoms with E-state index in [1.165, 1.54) is 0 Å². The number of amides is 1. The van der Waals surface area contributed by atoms with E-state index in [1.807, 2.05) is 6.92 Å². The van der Waals surface area contributed by atoms with E-state index in [2.05, 4.69) is 19.2 Å². The summed E-state index contributed by atoms with van der Waals surface area (Å²) >= 11 is 0. The van der Waals surface area contributed by atoms with Crippen molar-refractivity contribution in [2.45, 2.75) is 77.0 Å². The third kappa shape index (κ3) is 4.58. The van der Waals surface area contributed by atoms with Crippen LogP contribution in [0.25, 0.3) is 0 Å². The molecule has 2 unspecified atom stereocenters. The molecule has 0 aromatic carbocycles. The summed E-state index contributed by atoms with van der Waals surface area (Å²) in [5.74, 6) is 0.125. The molecule has 106 valence electrons. The van der Waals surface area contributed by atoms with Crippen molar-refractivity contribution in [3.05, 3.63) is 0 Å². The molecule has 0 aliphatic carbocycles. The SMILES string of the molecule is CCC1(CC)CC(NC(=O)CCC(C)N)CCO1. The minimum atomic E-state index is -0.0304. The van der Waals surface area contributed by atoms with Gasteiger partial charge in [-0.25, -0.2) is 0 Å². The van der Waals surface area contributed by atoms with Crippen LogP contribution in [0.4, 0.5) is 0 Å². The molecule has 18 heavy (non-hydrogen) atoms.